The van der Waals surface area contributed by atoms with Crippen LogP contribution in [0.1, 0.15) is 30.4 Å². The molecule has 0 aromatic heterocycles. The number of benzene rings is 2. The van der Waals surface area contributed by atoms with E-state index in [0.717, 1.165) is 63.7 Å². The van der Waals surface area contributed by atoms with Crippen LogP contribution in [0.5, 0.6) is 5.75 Å². The topological polar surface area (TPSA) is 54.9 Å². The zero-order chi connectivity index (χ0) is 20.4. The Morgan fingerprint density at radius 3 is 2.37 bits per heavy atom. The highest BCUT2D eigenvalue weighted by Gasteiger charge is 2.34. The third kappa shape index (κ3) is 6.87. The number of methoxy groups -OCH3 is 1. The summed E-state index contributed by atoms with van der Waals surface area (Å²) < 4.78 is 11.0. The van der Waals surface area contributed by atoms with Gasteiger partial charge >= 0.3 is 0 Å². The molecule has 0 bridgehead atoms. The summed E-state index contributed by atoms with van der Waals surface area (Å²) in [6.45, 7) is 3.31. The summed E-state index contributed by atoms with van der Waals surface area (Å²) in [4.78, 5) is 4.41. The molecule has 1 aliphatic heterocycles. The summed E-state index contributed by atoms with van der Waals surface area (Å²) in [6, 6.07) is 19.1. The van der Waals surface area contributed by atoms with Gasteiger partial charge in [-0.25, -0.2) is 0 Å². The number of halogens is 1. The smallest absolute Gasteiger partial charge is 0.191 e. The van der Waals surface area contributed by atoms with Crippen LogP contribution in [-0.4, -0.2) is 46.4 Å². The second kappa shape index (κ2) is 12.8. The molecule has 30 heavy (non-hydrogen) atoms. The number of nitrogens with one attached hydrogen (secondary N) is 2. The monoisotopic (exact) mass is 523 g/mol. The first-order valence-corrected chi connectivity index (χ1v) is 10.5. The molecule has 2 aromatic carbocycles. The van der Waals surface area contributed by atoms with Gasteiger partial charge in [0, 0.05) is 38.8 Å². The number of hydrogen-bond donors (Lipinski definition) is 2. The fourth-order valence-corrected chi connectivity index (χ4v) is 3.89. The molecule has 6 heteroatoms. The Bertz CT molecular complexity index is 760. The molecule has 0 radical (unpaired) electrons. The Labute approximate surface area is 197 Å². The largest absolute Gasteiger partial charge is 0.497 e. The molecule has 0 spiro atoms. The zero-order valence-corrected chi connectivity index (χ0v) is 20.4. The van der Waals surface area contributed by atoms with E-state index < -0.39 is 0 Å². The molecular formula is C24H34IN3O2. The minimum atomic E-state index is 0. The highest BCUT2D eigenvalue weighted by molar-refractivity contribution is 14.0. The summed E-state index contributed by atoms with van der Waals surface area (Å²) in [5, 5.41) is 7.01. The molecule has 164 valence electrons. The first-order valence-electron chi connectivity index (χ1n) is 10.5. The van der Waals surface area contributed by atoms with Gasteiger partial charge in [-0.3, -0.25) is 4.99 Å². The van der Waals surface area contributed by atoms with Crippen LogP contribution < -0.4 is 15.4 Å². The number of ether oxygens (including phenoxy) is 2. The molecular weight excluding hydrogens is 489 g/mol. The lowest BCUT2D eigenvalue weighted by Crippen LogP contribution is -2.48. The number of nitrogens with zero attached hydrogens (tertiary/aromatic N) is 1. The zero-order valence-electron chi connectivity index (χ0n) is 18.0. The SMILES string of the molecule is CN=C(NCCCc1ccccc1)NCC1(c2ccc(OC)cc2)CCOCC1.I. The lowest BCUT2D eigenvalue weighted by Gasteiger charge is -2.38. The molecule has 0 saturated carbocycles. The number of aryl methyl sites for hydroxylation is 1. The van der Waals surface area contributed by atoms with Crippen LogP contribution >= 0.6 is 24.0 Å². The maximum atomic E-state index is 5.65. The maximum absolute atomic E-state index is 5.65. The predicted molar refractivity (Wildman–Crippen MR) is 134 cm³/mol. The van der Waals surface area contributed by atoms with Crippen LogP contribution in [-0.2, 0) is 16.6 Å². The average Bonchev–Trinajstić information content (AvgIpc) is 2.80. The van der Waals surface area contributed by atoms with Gasteiger partial charge < -0.3 is 20.1 Å². The van der Waals surface area contributed by atoms with Gasteiger partial charge in [0.25, 0.3) is 0 Å². The molecule has 5 nitrogen and oxygen atoms in total. The normalized spacial score (nSPS) is 15.7. The van der Waals surface area contributed by atoms with Crippen molar-refractivity contribution in [2.75, 3.05) is 40.5 Å². The Hall–Kier alpha value is -1.80. The van der Waals surface area contributed by atoms with Crippen LogP contribution in [0.3, 0.4) is 0 Å². The molecule has 2 N–H and O–H groups in total. The van der Waals surface area contributed by atoms with E-state index in [-0.39, 0.29) is 29.4 Å². The van der Waals surface area contributed by atoms with Gasteiger partial charge in [0.1, 0.15) is 5.75 Å². The van der Waals surface area contributed by atoms with Gasteiger partial charge in [-0.2, -0.15) is 0 Å². The van der Waals surface area contributed by atoms with Crippen molar-refractivity contribution in [3.05, 3.63) is 65.7 Å². The molecule has 0 amide bonds. The maximum Gasteiger partial charge on any atom is 0.191 e. The van der Waals surface area contributed by atoms with Crippen molar-refractivity contribution >= 4 is 29.9 Å². The van der Waals surface area contributed by atoms with Crippen molar-refractivity contribution < 1.29 is 9.47 Å². The quantitative estimate of drug-likeness (QED) is 0.236. The first-order chi connectivity index (χ1) is 14.3. The summed E-state index contributed by atoms with van der Waals surface area (Å²) in [7, 11) is 3.53. The molecule has 0 aliphatic carbocycles. The standard InChI is InChI=1S/C24H33N3O2.HI/c1-25-23(26-16-6-9-20-7-4-3-5-8-20)27-19-24(14-17-29-18-15-24)21-10-12-22(28-2)13-11-21;/h3-5,7-8,10-13H,6,9,14-19H2,1-2H3,(H2,25,26,27);1H. The minimum Gasteiger partial charge on any atom is -0.497 e. The van der Waals surface area contributed by atoms with Gasteiger partial charge in [-0.05, 0) is 48.9 Å². The first kappa shape index (κ1) is 24.5. The number of guanidine groups is 1. The minimum absolute atomic E-state index is 0. The molecule has 1 saturated heterocycles. The number of hydrogen-bond acceptors (Lipinski definition) is 3. The van der Waals surface area contributed by atoms with E-state index in [1.807, 2.05) is 19.2 Å². The Kier molecular flexibility index (Phi) is 10.4. The molecule has 0 atom stereocenters. The second-order valence-electron chi connectivity index (χ2n) is 7.56. The summed E-state index contributed by atoms with van der Waals surface area (Å²) in [6.07, 6.45) is 4.13. The molecule has 0 unspecified atom stereocenters. The third-order valence-corrected chi connectivity index (χ3v) is 5.75. The lowest BCUT2D eigenvalue weighted by molar-refractivity contribution is 0.0513. The van der Waals surface area contributed by atoms with Crippen LogP contribution in [0, 0.1) is 0 Å². The molecule has 1 fully saturated rings. The van der Waals surface area contributed by atoms with Crippen molar-refractivity contribution in [3.8, 4) is 5.75 Å². The van der Waals surface area contributed by atoms with Crippen LogP contribution in [0.2, 0.25) is 0 Å². The molecule has 1 aliphatic rings. The van der Waals surface area contributed by atoms with Gasteiger partial charge in [0.15, 0.2) is 5.96 Å². The van der Waals surface area contributed by atoms with E-state index in [1.165, 1.54) is 11.1 Å². The Morgan fingerprint density at radius 2 is 1.73 bits per heavy atom. The van der Waals surface area contributed by atoms with E-state index >= 15 is 0 Å². The van der Waals surface area contributed by atoms with Gasteiger partial charge in [0.2, 0.25) is 0 Å². The Morgan fingerprint density at radius 1 is 1.03 bits per heavy atom. The highest BCUT2D eigenvalue weighted by Crippen LogP contribution is 2.35. The van der Waals surface area contributed by atoms with Crippen LogP contribution in [0.4, 0.5) is 0 Å². The summed E-state index contributed by atoms with van der Waals surface area (Å²) in [5.74, 6) is 1.75. The van der Waals surface area contributed by atoms with Gasteiger partial charge in [0.05, 0.1) is 7.11 Å². The predicted octanol–water partition coefficient (Wildman–Crippen LogP) is 4.16. The summed E-state index contributed by atoms with van der Waals surface area (Å²) >= 11 is 0. The van der Waals surface area contributed by atoms with Crippen LogP contribution in [0.15, 0.2) is 59.6 Å². The number of aliphatic imine (C=N–C) groups is 1. The van der Waals surface area contributed by atoms with Gasteiger partial charge in [-0.15, -0.1) is 24.0 Å². The fourth-order valence-electron chi connectivity index (χ4n) is 3.89. The third-order valence-electron chi connectivity index (χ3n) is 5.75. The van der Waals surface area contributed by atoms with E-state index in [1.54, 1.807) is 7.11 Å². The van der Waals surface area contributed by atoms with Crippen molar-refractivity contribution in [1.82, 2.24) is 10.6 Å². The number of rotatable bonds is 8. The summed E-state index contributed by atoms with van der Waals surface area (Å²) in [5.41, 5.74) is 2.75. The van der Waals surface area contributed by atoms with E-state index in [9.17, 15) is 0 Å². The molecule has 3 rings (SSSR count). The van der Waals surface area contributed by atoms with Crippen molar-refractivity contribution in [2.45, 2.75) is 31.1 Å². The molecule has 2 aromatic rings. The van der Waals surface area contributed by atoms with Crippen LogP contribution in [0.25, 0.3) is 0 Å². The van der Waals surface area contributed by atoms with Gasteiger partial charge in [-0.1, -0.05) is 42.5 Å². The van der Waals surface area contributed by atoms with Crippen molar-refractivity contribution in [3.63, 3.8) is 0 Å². The van der Waals surface area contributed by atoms with Crippen molar-refractivity contribution in [1.29, 1.82) is 0 Å². The second-order valence-corrected chi connectivity index (χ2v) is 7.56. The average molecular weight is 523 g/mol. The van der Waals surface area contributed by atoms with E-state index in [2.05, 4.69) is 58.1 Å². The fraction of sp³-hybridized carbons (Fsp3) is 0.458. The Balaban J connectivity index is 0.00000320. The van der Waals surface area contributed by atoms with E-state index in [0.29, 0.717) is 0 Å². The lowest BCUT2D eigenvalue weighted by atomic mass is 9.74. The van der Waals surface area contributed by atoms with E-state index in [4.69, 9.17) is 9.47 Å². The molecule has 1 heterocycles. The highest BCUT2D eigenvalue weighted by atomic mass is 127. The van der Waals surface area contributed by atoms with Crippen molar-refractivity contribution in [2.24, 2.45) is 4.99 Å².